The average molecular weight is 265 g/mol. The van der Waals surface area contributed by atoms with Crippen LogP contribution in [0.5, 0.6) is 0 Å². The van der Waals surface area contributed by atoms with Crippen molar-refractivity contribution in [1.29, 1.82) is 0 Å². The summed E-state index contributed by atoms with van der Waals surface area (Å²) in [6.07, 6.45) is 11.4. The molecule has 1 aliphatic carbocycles. The van der Waals surface area contributed by atoms with Gasteiger partial charge in [-0.05, 0) is 31.6 Å². The van der Waals surface area contributed by atoms with Gasteiger partial charge >= 0.3 is 5.97 Å². The van der Waals surface area contributed by atoms with Crippen LogP contribution in [0.1, 0.15) is 51.4 Å². The van der Waals surface area contributed by atoms with E-state index < -0.39 is 12.0 Å². The highest BCUT2D eigenvalue weighted by Gasteiger charge is 2.30. The molecular weight excluding hydrogens is 242 g/mol. The zero-order valence-corrected chi connectivity index (χ0v) is 11.4. The molecule has 1 saturated heterocycles. The third kappa shape index (κ3) is 3.82. The molecule has 0 saturated carbocycles. The molecule has 4 nitrogen and oxygen atoms in total. The fourth-order valence-electron chi connectivity index (χ4n) is 3.05. The molecule has 19 heavy (non-hydrogen) atoms. The fraction of sp³-hybridized carbons (Fsp3) is 0.733. The summed E-state index contributed by atoms with van der Waals surface area (Å²) in [5, 5.41) is 9.33. The summed E-state index contributed by atoms with van der Waals surface area (Å²) >= 11 is 0. The average Bonchev–Trinajstić information content (AvgIpc) is 2.80. The summed E-state index contributed by atoms with van der Waals surface area (Å²) < 4.78 is 0. The van der Waals surface area contributed by atoms with Gasteiger partial charge in [0.05, 0.1) is 0 Å². The minimum atomic E-state index is -0.850. The predicted octanol–water partition coefficient (Wildman–Crippen LogP) is 2.59. The van der Waals surface area contributed by atoms with E-state index in [1.54, 1.807) is 4.90 Å². The maximum atomic E-state index is 12.4. The molecule has 1 N–H and O–H groups in total. The minimum absolute atomic E-state index is 0.0193. The SMILES string of the molecule is O=C(O)C1CCCCCCN1C(=O)CC1C=CCC1. The number of carboxylic acid groups (broad SMARTS) is 1. The Bertz CT molecular complexity index is 364. The first kappa shape index (κ1) is 14.1. The van der Waals surface area contributed by atoms with Crippen LogP contribution in [0.25, 0.3) is 0 Å². The van der Waals surface area contributed by atoms with E-state index in [4.69, 9.17) is 0 Å². The smallest absolute Gasteiger partial charge is 0.326 e. The van der Waals surface area contributed by atoms with E-state index in [-0.39, 0.29) is 5.91 Å². The number of aliphatic carboxylic acids is 1. The van der Waals surface area contributed by atoms with Crippen LogP contribution in [0.15, 0.2) is 12.2 Å². The Morgan fingerprint density at radius 1 is 1.16 bits per heavy atom. The van der Waals surface area contributed by atoms with E-state index in [2.05, 4.69) is 12.2 Å². The highest BCUT2D eigenvalue weighted by atomic mass is 16.4. The van der Waals surface area contributed by atoms with E-state index in [0.717, 1.165) is 38.5 Å². The van der Waals surface area contributed by atoms with Crippen molar-refractivity contribution in [3.8, 4) is 0 Å². The molecule has 1 fully saturated rings. The number of carboxylic acids is 1. The van der Waals surface area contributed by atoms with E-state index in [1.165, 1.54) is 0 Å². The second-order valence-electron chi connectivity index (χ2n) is 5.61. The maximum absolute atomic E-state index is 12.4. The summed E-state index contributed by atoms with van der Waals surface area (Å²) in [7, 11) is 0. The van der Waals surface area contributed by atoms with Gasteiger partial charge in [-0.1, -0.05) is 31.4 Å². The lowest BCUT2D eigenvalue weighted by atomic mass is 9.99. The van der Waals surface area contributed by atoms with Crippen LogP contribution >= 0.6 is 0 Å². The lowest BCUT2D eigenvalue weighted by Crippen LogP contribution is -2.46. The Morgan fingerprint density at radius 3 is 2.63 bits per heavy atom. The number of likely N-dealkylation sites (tertiary alicyclic amines) is 1. The molecule has 0 radical (unpaired) electrons. The topological polar surface area (TPSA) is 57.6 Å². The molecule has 2 unspecified atom stereocenters. The third-order valence-electron chi connectivity index (χ3n) is 4.16. The van der Waals surface area contributed by atoms with Gasteiger partial charge in [0.15, 0.2) is 0 Å². The molecule has 1 heterocycles. The molecule has 0 aromatic rings. The van der Waals surface area contributed by atoms with Crippen LogP contribution in [0.2, 0.25) is 0 Å². The van der Waals surface area contributed by atoms with Crippen molar-refractivity contribution < 1.29 is 14.7 Å². The summed E-state index contributed by atoms with van der Waals surface area (Å²) in [4.78, 5) is 25.3. The second-order valence-corrected chi connectivity index (χ2v) is 5.61. The number of allylic oxidation sites excluding steroid dienone is 2. The van der Waals surface area contributed by atoms with Gasteiger partial charge in [-0.3, -0.25) is 4.79 Å². The zero-order chi connectivity index (χ0) is 13.7. The standard InChI is InChI=1S/C15H23NO3/c17-14(11-12-7-4-5-8-12)16-10-6-2-1-3-9-13(16)15(18)19/h4,7,12-13H,1-3,5-6,8-11H2,(H,18,19). The van der Waals surface area contributed by atoms with Crippen molar-refractivity contribution >= 4 is 11.9 Å². The van der Waals surface area contributed by atoms with E-state index in [9.17, 15) is 14.7 Å². The van der Waals surface area contributed by atoms with Crippen LogP contribution < -0.4 is 0 Å². The zero-order valence-electron chi connectivity index (χ0n) is 11.4. The molecule has 1 amide bonds. The van der Waals surface area contributed by atoms with Crippen LogP contribution in [-0.2, 0) is 9.59 Å². The largest absolute Gasteiger partial charge is 0.480 e. The van der Waals surface area contributed by atoms with Gasteiger partial charge in [0.2, 0.25) is 5.91 Å². The molecule has 2 rings (SSSR count). The molecule has 0 aromatic heterocycles. The number of carbonyl (C=O) groups is 2. The fourth-order valence-corrected chi connectivity index (χ4v) is 3.05. The molecule has 2 aliphatic rings. The molecule has 0 aromatic carbocycles. The van der Waals surface area contributed by atoms with Crippen LogP contribution in [0.4, 0.5) is 0 Å². The Kier molecular flexibility index (Phi) is 5.00. The van der Waals surface area contributed by atoms with Crippen molar-refractivity contribution in [2.75, 3.05) is 6.54 Å². The van der Waals surface area contributed by atoms with Crippen molar-refractivity contribution in [2.45, 2.75) is 57.4 Å². The Morgan fingerprint density at radius 2 is 1.95 bits per heavy atom. The molecular formula is C15H23NO3. The molecule has 106 valence electrons. The van der Waals surface area contributed by atoms with Crippen molar-refractivity contribution in [1.82, 2.24) is 4.90 Å². The van der Waals surface area contributed by atoms with E-state index >= 15 is 0 Å². The van der Waals surface area contributed by atoms with Crippen molar-refractivity contribution in [3.05, 3.63) is 12.2 Å². The number of amides is 1. The highest BCUT2D eigenvalue weighted by Crippen LogP contribution is 2.24. The van der Waals surface area contributed by atoms with Gasteiger partial charge in [0.1, 0.15) is 6.04 Å². The normalized spacial score (nSPS) is 27.9. The van der Waals surface area contributed by atoms with Gasteiger partial charge in [-0.2, -0.15) is 0 Å². The second kappa shape index (κ2) is 6.73. The summed E-state index contributed by atoms with van der Waals surface area (Å²) in [5.41, 5.74) is 0. The Labute approximate surface area is 114 Å². The van der Waals surface area contributed by atoms with Crippen molar-refractivity contribution in [3.63, 3.8) is 0 Å². The number of hydrogen-bond acceptors (Lipinski definition) is 2. The van der Waals surface area contributed by atoms with Crippen molar-refractivity contribution in [2.24, 2.45) is 5.92 Å². The number of hydrogen-bond donors (Lipinski definition) is 1. The van der Waals surface area contributed by atoms with E-state index in [1.807, 2.05) is 0 Å². The minimum Gasteiger partial charge on any atom is -0.480 e. The summed E-state index contributed by atoms with van der Waals surface area (Å²) in [5.74, 6) is -0.518. The lowest BCUT2D eigenvalue weighted by Gasteiger charge is -2.31. The monoisotopic (exact) mass is 265 g/mol. The first-order valence-electron chi connectivity index (χ1n) is 7.37. The molecule has 0 bridgehead atoms. The van der Waals surface area contributed by atoms with Gasteiger partial charge in [0, 0.05) is 13.0 Å². The van der Waals surface area contributed by atoms with Crippen LogP contribution in [-0.4, -0.2) is 34.5 Å². The van der Waals surface area contributed by atoms with Gasteiger partial charge in [-0.15, -0.1) is 0 Å². The highest BCUT2D eigenvalue weighted by molar-refractivity contribution is 5.84. The van der Waals surface area contributed by atoms with Crippen LogP contribution in [0.3, 0.4) is 0 Å². The molecule has 2 atom stereocenters. The summed E-state index contributed by atoms with van der Waals surface area (Å²) in [6, 6.07) is -0.613. The predicted molar refractivity (Wildman–Crippen MR) is 72.7 cm³/mol. The first-order valence-corrected chi connectivity index (χ1v) is 7.37. The Hall–Kier alpha value is -1.32. The maximum Gasteiger partial charge on any atom is 0.326 e. The number of nitrogens with zero attached hydrogens (tertiary/aromatic N) is 1. The van der Waals surface area contributed by atoms with E-state index in [0.29, 0.717) is 25.3 Å². The Balaban J connectivity index is 2.00. The number of rotatable bonds is 3. The quantitative estimate of drug-likeness (QED) is 0.798. The lowest BCUT2D eigenvalue weighted by molar-refractivity contribution is -0.151. The summed E-state index contributed by atoms with van der Waals surface area (Å²) in [6.45, 7) is 0.603. The van der Waals surface area contributed by atoms with Gasteiger partial charge in [0.25, 0.3) is 0 Å². The number of carbonyl (C=O) groups excluding carboxylic acids is 1. The van der Waals surface area contributed by atoms with Crippen LogP contribution in [0, 0.1) is 5.92 Å². The first-order chi connectivity index (χ1) is 9.18. The molecule has 1 aliphatic heterocycles. The third-order valence-corrected chi connectivity index (χ3v) is 4.16. The molecule has 4 heteroatoms. The van der Waals surface area contributed by atoms with Gasteiger partial charge in [-0.25, -0.2) is 4.79 Å². The molecule has 0 spiro atoms. The van der Waals surface area contributed by atoms with Gasteiger partial charge < -0.3 is 10.0 Å².